The molecule has 1 aliphatic carbocycles. The predicted molar refractivity (Wildman–Crippen MR) is 129 cm³/mol. The number of nitrogens with one attached hydrogen (secondary N) is 1. The number of nitrogens with zero attached hydrogens (tertiary/aromatic N) is 1. The van der Waals surface area contributed by atoms with E-state index in [2.05, 4.69) is 41.5 Å². The minimum atomic E-state index is 0.0347. The van der Waals surface area contributed by atoms with Crippen molar-refractivity contribution >= 4 is 23.2 Å². The van der Waals surface area contributed by atoms with Gasteiger partial charge in [-0.15, -0.1) is 0 Å². The maximum absolute atomic E-state index is 12.4. The van der Waals surface area contributed by atoms with Crippen LogP contribution in [0.15, 0.2) is 72.8 Å². The number of rotatable bonds is 9. The number of hydrogen-bond acceptors (Lipinski definition) is 2. The summed E-state index contributed by atoms with van der Waals surface area (Å²) in [5.41, 5.74) is 5.54. The van der Waals surface area contributed by atoms with E-state index in [4.69, 9.17) is 11.6 Å². The minimum Gasteiger partial charge on any atom is -0.326 e. The molecule has 4 rings (SSSR count). The van der Waals surface area contributed by atoms with Crippen molar-refractivity contribution in [3.8, 4) is 11.1 Å². The highest BCUT2D eigenvalue weighted by atomic mass is 35.5. The van der Waals surface area contributed by atoms with Gasteiger partial charge in [-0.25, -0.2) is 0 Å². The maximum Gasteiger partial charge on any atom is 0.224 e. The van der Waals surface area contributed by atoms with Gasteiger partial charge in [0.1, 0.15) is 0 Å². The largest absolute Gasteiger partial charge is 0.326 e. The Morgan fingerprint density at radius 2 is 1.48 bits per heavy atom. The molecule has 1 N–H and O–H groups in total. The molecule has 0 saturated heterocycles. The van der Waals surface area contributed by atoms with E-state index in [9.17, 15) is 4.79 Å². The molecule has 1 aliphatic rings. The van der Waals surface area contributed by atoms with Crippen LogP contribution in [0.4, 0.5) is 5.69 Å². The van der Waals surface area contributed by atoms with Gasteiger partial charge < -0.3 is 10.2 Å². The van der Waals surface area contributed by atoms with Gasteiger partial charge in [0.15, 0.2) is 0 Å². The number of hydrogen-bond donors (Lipinski definition) is 1. The first-order chi connectivity index (χ1) is 15.0. The summed E-state index contributed by atoms with van der Waals surface area (Å²) in [6.07, 6.45) is 3.99. The Morgan fingerprint density at radius 3 is 2.10 bits per heavy atom. The molecule has 0 aliphatic heterocycles. The fourth-order valence-electron chi connectivity index (χ4n) is 3.80. The lowest BCUT2D eigenvalue weighted by molar-refractivity contribution is -0.116. The summed E-state index contributed by atoms with van der Waals surface area (Å²) in [5.74, 6) is 0.948. The van der Waals surface area contributed by atoms with Crippen LogP contribution in [0.3, 0.4) is 0 Å². The van der Waals surface area contributed by atoms with Gasteiger partial charge in [0.25, 0.3) is 0 Å². The van der Waals surface area contributed by atoms with Gasteiger partial charge in [0, 0.05) is 30.2 Å². The van der Waals surface area contributed by atoms with Crippen LogP contribution in [-0.2, 0) is 17.8 Å². The third-order valence-corrected chi connectivity index (χ3v) is 5.98. The van der Waals surface area contributed by atoms with Crippen molar-refractivity contribution in [1.29, 1.82) is 0 Å². The molecule has 0 unspecified atom stereocenters. The minimum absolute atomic E-state index is 0.0347. The molecule has 4 heteroatoms. The van der Waals surface area contributed by atoms with Crippen molar-refractivity contribution in [1.82, 2.24) is 4.90 Å². The molecule has 1 fully saturated rings. The number of benzene rings is 3. The Kier molecular flexibility index (Phi) is 7.06. The number of halogens is 1. The van der Waals surface area contributed by atoms with E-state index >= 15 is 0 Å². The molecule has 0 bridgehead atoms. The molecule has 3 nitrogen and oxygen atoms in total. The lowest BCUT2D eigenvalue weighted by atomic mass is 10.1. The second-order valence-corrected chi connectivity index (χ2v) is 9.03. The predicted octanol–water partition coefficient (Wildman–Crippen LogP) is 6.42. The summed E-state index contributed by atoms with van der Waals surface area (Å²) in [7, 11) is 2.19. The van der Waals surface area contributed by atoms with Gasteiger partial charge in [-0.2, -0.15) is 0 Å². The number of carbonyl (C=O) groups is 1. The fourth-order valence-corrected chi connectivity index (χ4v) is 3.92. The first-order valence-corrected chi connectivity index (χ1v) is 11.4. The molecule has 0 atom stereocenters. The van der Waals surface area contributed by atoms with Crippen LogP contribution >= 0.6 is 11.6 Å². The van der Waals surface area contributed by atoms with E-state index in [1.54, 1.807) is 0 Å². The highest BCUT2D eigenvalue weighted by Gasteiger charge is 2.22. The van der Waals surface area contributed by atoms with E-state index in [0.29, 0.717) is 6.42 Å². The van der Waals surface area contributed by atoms with E-state index in [1.807, 2.05) is 48.5 Å². The zero-order valence-electron chi connectivity index (χ0n) is 18.0. The zero-order valence-corrected chi connectivity index (χ0v) is 18.7. The normalized spacial score (nSPS) is 13.4. The van der Waals surface area contributed by atoms with Crippen molar-refractivity contribution in [2.24, 2.45) is 5.92 Å². The molecule has 1 amide bonds. The summed E-state index contributed by atoms with van der Waals surface area (Å²) in [5, 5.41) is 3.72. The molecule has 0 aromatic heterocycles. The molecular formula is C27H29ClN2O. The SMILES string of the molecule is CN(Cc1ccc(CCC(=O)Nc2ccc(-c3ccc(Cl)cc3)cc2)cc1)CC1CC1. The molecule has 0 spiro atoms. The first-order valence-electron chi connectivity index (χ1n) is 11.0. The van der Waals surface area contributed by atoms with Crippen molar-refractivity contribution in [3.05, 3.63) is 88.9 Å². The fraction of sp³-hybridized carbons (Fsp3) is 0.296. The quantitative estimate of drug-likeness (QED) is 0.423. The van der Waals surface area contributed by atoms with Crippen molar-refractivity contribution < 1.29 is 4.79 Å². The second-order valence-electron chi connectivity index (χ2n) is 8.59. The van der Waals surface area contributed by atoms with E-state index < -0.39 is 0 Å². The Balaban J connectivity index is 1.23. The lowest BCUT2D eigenvalue weighted by Gasteiger charge is -2.16. The summed E-state index contributed by atoms with van der Waals surface area (Å²) < 4.78 is 0. The molecule has 3 aromatic carbocycles. The Hall–Kier alpha value is -2.62. The highest BCUT2D eigenvalue weighted by Crippen LogP contribution is 2.29. The van der Waals surface area contributed by atoms with Crippen LogP contribution < -0.4 is 5.32 Å². The molecule has 0 radical (unpaired) electrons. The van der Waals surface area contributed by atoms with Crippen LogP contribution in [0.2, 0.25) is 5.02 Å². The van der Waals surface area contributed by atoms with Gasteiger partial charge in [-0.3, -0.25) is 4.79 Å². The average Bonchev–Trinajstić information content (AvgIpc) is 3.58. The molecule has 1 saturated carbocycles. The van der Waals surface area contributed by atoms with Gasteiger partial charge >= 0.3 is 0 Å². The van der Waals surface area contributed by atoms with E-state index in [0.717, 1.165) is 40.7 Å². The molecular weight excluding hydrogens is 404 g/mol. The second kappa shape index (κ2) is 10.1. The van der Waals surface area contributed by atoms with Crippen LogP contribution in [0, 0.1) is 5.92 Å². The summed E-state index contributed by atoms with van der Waals surface area (Å²) in [4.78, 5) is 14.8. The number of amides is 1. The van der Waals surface area contributed by atoms with Gasteiger partial charge in [0.05, 0.1) is 0 Å². The summed E-state index contributed by atoms with van der Waals surface area (Å²) >= 11 is 5.95. The van der Waals surface area contributed by atoms with Crippen molar-refractivity contribution in [3.63, 3.8) is 0 Å². The number of anilines is 1. The number of carbonyl (C=O) groups excluding carboxylic acids is 1. The van der Waals surface area contributed by atoms with Crippen LogP contribution in [0.1, 0.15) is 30.4 Å². The maximum atomic E-state index is 12.4. The Bertz CT molecular complexity index is 993. The Labute approximate surface area is 190 Å². The van der Waals surface area contributed by atoms with Crippen LogP contribution in [0.5, 0.6) is 0 Å². The van der Waals surface area contributed by atoms with Gasteiger partial charge in [-0.05, 0) is 78.7 Å². The smallest absolute Gasteiger partial charge is 0.224 e. The molecule has 160 valence electrons. The zero-order chi connectivity index (χ0) is 21.6. The van der Waals surface area contributed by atoms with Gasteiger partial charge in [0.2, 0.25) is 5.91 Å². The molecule has 0 heterocycles. The third-order valence-electron chi connectivity index (χ3n) is 5.73. The van der Waals surface area contributed by atoms with Gasteiger partial charge in [-0.1, -0.05) is 60.1 Å². The Morgan fingerprint density at radius 1 is 0.903 bits per heavy atom. The molecule has 31 heavy (non-hydrogen) atoms. The standard InChI is InChI=1S/C27H29ClN2O/c1-30(19-22-6-7-22)18-21-4-2-20(3-5-21)8-17-27(31)29-26-15-11-24(12-16-26)23-9-13-25(28)14-10-23/h2-5,9-16,22H,6-8,17-19H2,1H3,(H,29,31). The summed E-state index contributed by atoms with van der Waals surface area (Å²) in [6.45, 7) is 2.19. The first kappa shape index (κ1) is 21.6. The summed E-state index contributed by atoms with van der Waals surface area (Å²) in [6, 6.07) is 24.3. The van der Waals surface area contributed by atoms with Crippen molar-refractivity contribution in [2.45, 2.75) is 32.2 Å². The lowest BCUT2D eigenvalue weighted by Crippen LogP contribution is -2.20. The van der Waals surface area contributed by atoms with E-state index in [1.165, 1.54) is 30.5 Å². The highest BCUT2D eigenvalue weighted by molar-refractivity contribution is 6.30. The topological polar surface area (TPSA) is 32.3 Å². The molecule has 3 aromatic rings. The van der Waals surface area contributed by atoms with Crippen LogP contribution in [-0.4, -0.2) is 24.4 Å². The third kappa shape index (κ3) is 6.68. The van der Waals surface area contributed by atoms with E-state index in [-0.39, 0.29) is 5.91 Å². The van der Waals surface area contributed by atoms with Crippen molar-refractivity contribution in [2.75, 3.05) is 18.9 Å². The monoisotopic (exact) mass is 432 g/mol. The van der Waals surface area contributed by atoms with Crippen LogP contribution in [0.25, 0.3) is 11.1 Å². The average molecular weight is 433 g/mol. The number of aryl methyl sites for hydroxylation is 1.